The zero-order chi connectivity index (χ0) is 14.8. The molecule has 1 rings (SSSR count). The van der Waals surface area contributed by atoms with E-state index < -0.39 is 0 Å². The molecule has 0 bridgehead atoms. The molecular formula is C16H20ClNO. The van der Waals surface area contributed by atoms with Crippen LogP contribution in [0.5, 0.6) is 0 Å². The van der Waals surface area contributed by atoms with Gasteiger partial charge in [0.25, 0.3) is 5.91 Å². The summed E-state index contributed by atoms with van der Waals surface area (Å²) < 4.78 is 0. The lowest BCUT2D eigenvalue weighted by Crippen LogP contribution is -2.25. The molecule has 2 nitrogen and oxygen atoms in total. The van der Waals surface area contributed by atoms with Crippen molar-refractivity contribution in [2.75, 3.05) is 7.05 Å². The third-order valence-corrected chi connectivity index (χ3v) is 2.53. The Balaban J connectivity index is 0.00000154. The molecule has 0 aliphatic rings. The van der Waals surface area contributed by atoms with Crippen molar-refractivity contribution in [3.05, 3.63) is 71.9 Å². The number of amides is 1. The molecule has 1 aromatic carbocycles. The monoisotopic (exact) mass is 277 g/mol. The first-order chi connectivity index (χ1) is 9.10. The molecule has 3 heteroatoms. The van der Waals surface area contributed by atoms with Crippen molar-refractivity contribution in [2.24, 2.45) is 0 Å². The second kappa shape index (κ2) is 9.17. The topological polar surface area (TPSA) is 20.3 Å². The fourth-order valence-electron chi connectivity index (χ4n) is 1.34. The Morgan fingerprint density at radius 2 is 1.74 bits per heavy atom. The molecule has 0 saturated heterocycles. The minimum atomic E-state index is -0.116. The van der Waals surface area contributed by atoms with Crippen molar-refractivity contribution in [3.63, 3.8) is 0 Å². The van der Waals surface area contributed by atoms with Gasteiger partial charge in [-0.2, -0.15) is 0 Å². The number of hydrogen-bond donors (Lipinski definition) is 0. The summed E-state index contributed by atoms with van der Waals surface area (Å²) in [6.45, 7) is 11.3. The molecule has 0 spiro atoms. The predicted molar refractivity (Wildman–Crippen MR) is 83.4 cm³/mol. The number of benzene rings is 1. The van der Waals surface area contributed by atoms with E-state index in [9.17, 15) is 4.79 Å². The van der Waals surface area contributed by atoms with E-state index in [1.165, 1.54) is 4.90 Å². The van der Waals surface area contributed by atoms with Crippen LogP contribution in [-0.4, -0.2) is 17.9 Å². The zero-order valence-electron chi connectivity index (χ0n) is 11.7. The van der Waals surface area contributed by atoms with Crippen molar-refractivity contribution in [2.45, 2.75) is 13.8 Å². The molecule has 102 valence electrons. The molecule has 0 heterocycles. The fourth-order valence-corrected chi connectivity index (χ4v) is 1.47. The first kappa shape index (κ1) is 17.2. The summed E-state index contributed by atoms with van der Waals surface area (Å²) in [5.74, 6) is -0.116. The second-order valence-corrected chi connectivity index (χ2v) is 3.84. The van der Waals surface area contributed by atoms with E-state index in [0.29, 0.717) is 16.3 Å². The highest BCUT2D eigenvalue weighted by atomic mass is 35.5. The Bertz CT molecular complexity index is 460. The molecule has 1 amide bonds. The summed E-state index contributed by atoms with van der Waals surface area (Å²) in [6, 6.07) is 6.76. The van der Waals surface area contributed by atoms with Crippen LogP contribution in [0, 0.1) is 0 Å². The summed E-state index contributed by atoms with van der Waals surface area (Å²) in [6.07, 6.45) is 4.94. The molecule has 0 aliphatic carbocycles. The standard InChI is InChI=1S/C14H14ClNO.C2H6/c1-4-6-13(5-2)16(3)14(17)11-7-9-12(15)10-8-11;1-2/h4-10H,1-2H2,3H3;1-2H3/b13-6+;. The molecule has 1 aromatic rings. The molecule has 0 N–H and O–H groups in total. The number of allylic oxidation sites excluding steroid dienone is 3. The lowest BCUT2D eigenvalue weighted by atomic mass is 10.2. The van der Waals surface area contributed by atoms with Gasteiger partial charge in [-0.25, -0.2) is 0 Å². The van der Waals surface area contributed by atoms with E-state index in [1.54, 1.807) is 49.5 Å². The van der Waals surface area contributed by atoms with E-state index in [0.717, 1.165) is 0 Å². The lowest BCUT2D eigenvalue weighted by Gasteiger charge is -2.18. The van der Waals surface area contributed by atoms with Gasteiger partial charge in [0.15, 0.2) is 0 Å². The van der Waals surface area contributed by atoms with Crippen LogP contribution in [-0.2, 0) is 0 Å². The highest BCUT2D eigenvalue weighted by molar-refractivity contribution is 6.30. The molecule has 0 saturated carbocycles. The van der Waals surface area contributed by atoms with Gasteiger partial charge >= 0.3 is 0 Å². The molecule has 0 aromatic heterocycles. The van der Waals surface area contributed by atoms with Crippen LogP contribution in [0.25, 0.3) is 0 Å². The average molecular weight is 278 g/mol. The molecule has 0 fully saturated rings. The molecule has 0 atom stereocenters. The minimum absolute atomic E-state index is 0.116. The van der Waals surface area contributed by atoms with Gasteiger partial charge in [0.1, 0.15) is 0 Å². The number of hydrogen-bond acceptors (Lipinski definition) is 1. The summed E-state index contributed by atoms with van der Waals surface area (Å²) in [4.78, 5) is 13.6. The van der Waals surface area contributed by atoms with Gasteiger partial charge in [0.05, 0.1) is 0 Å². The fraction of sp³-hybridized carbons (Fsp3) is 0.188. The average Bonchev–Trinajstić information content (AvgIpc) is 2.46. The first-order valence-electron chi connectivity index (χ1n) is 6.09. The maximum absolute atomic E-state index is 12.1. The summed E-state index contributed by atoms with van der Waals surface area (Å²) in [5, 5.41) is 0.606. The SMILES string of the molecule is C=C/C=C(\C=C)N(C)C(=O)c1ccc(Cl)cc1.CC. The van der Waals surface area contributed by atoms with Gasteiger partial charge in [-0.3, -0.25) is 4.79 Å². The van der Waals surface area contributed by atoms with E-state index in [-0.39, 0.29) is 5.91 Å². The van der Waals surface area contributed by atoms with E-state index in [2.05, 4.69) is 13.2 Å². The molecule has 0 radical (unpaired) electrons. The van der Waals surface area contributed by atoms with E-state index in [4.69, 9.17) is 11.6 Å². The van der Waals surface area contributed by atoms with Gasteiger partial charge in [-0.05, 0) is 36.4 Å². The van der Waals surface area contributed by atoms with Crippen molar-refractivity contribution >= 4 is 17.5 Å². The third-order valence-electron chi connectivity index (χ3n) is 2.28. The number of carbonyl (C=O) groups excluding carboxylic acids is 1. The minimum Gasteiger partial charge on any atom is -0.311 e. The van der Waals surface area contributed by atoms with Crippen LogP contribution in [0.2, 0.25) is 5.02 Å². The van der Waals surface area contributed by atoms with Gasteiger partial charge in [-0.15, -0.1) is 0 Å². The van der Waals surface area contributed by atoms with Gasteiger partial charge in [-0.1, -0.05) is 44.7 Å². The van der Waals surface area contributed by atoms with Crippen LogP contribution < -0.4 is 0 Å². The number of rotatable bonds is 4. The Morgan fingerprint density at radius 3 is 2.16 bits per heavy atom. The van der Waals surface area contributed by atoms with Gasteiger partial charge in [0, 0.05) is 23.3 Å². The highest BCUT2D eigenvalue weighted by Crippen LogP contribution is 2.13. The van der Waals surface area contributed by atoms with Crippen LogP contribution >= 0.6 is 11.6 Å². The van der Waals surface area contributed by atoms with Gasteiger partial charge in [0.2, 0.25) is 0 Å². The number of nitrogens with zero attached hydrogens (tertiary/aromatic N) is 1. The van der Waals surface area contributed by atoms with Gasteiger partial charge < -0.3 is 4.90 Å². The highest BCUT2D eigenvalue weighted by Gasteiger charge is 2.12. The van der Waals surface area contributed by atoms with Crippen molar-refractivity contribution in [1.82, 2.24) is 4.90 Å². The predicted octanol–water partition coefficient (Wildman–Crippen LogP) is 4.69. The van der Waals surface area contributed by atoms with E-state index >= 15 is 0 Å². The van der Waals surface area contributed by atoms with Crippen molar-refractivity contribution in [3.8, 4) is 0 Å². The smallest absolute Gasteiger partial charge is 0.258 e. The third kappa shape index (κ3) is 5.14. The van der Waals surface area contributed by atoms with Crippen LogP contribution in [0.15, 0.2) is 61.3 Å². The van der Waals surface area contributed by atoms with Crippen LogP contribution in [0.4, 0.5) is 0 Å². The molecular weight excluding hydrogens is 258 g/mol. The maximum Gasteiger partial charge on any atom is 0.258 e. The number of halogens is 1. The largest absolute Gasteiger partial charge is 0.311 e. The summed E-state index contributed by atoms with van der Waals surface area (Å²) in [7, 11) is 1.69. The van der Waals surface area contributed by atoms with Crippen LogP contribution in [0.1, 0.15) is 24.2 Å². The molecule has 0 unspecified atom stereocenters. The van der Waals surface area contributed by atoms with Crippen LogP contribution in [0.3, 0.4) is 0 Å². The normalized spacial score (nSPS) is 10.0. The molecule has 0 aliphatic heterocycles. The first-order valence-corrected chi connectivity index (χ1v) is 6.46. The Kier molecular flexibility index (Phi) is 8.30. The quantitative estimate of drug-likeness (QED) is 0.731. The number of likely N-dealkylation sites (N-methyl/N-ethyl adjacent to an activating group) is 1. The number of carbonyl (C=O) groups is 1. The molecule has 19 heavy (non-hydrogen) atoms. The van der Waals surface area contributed by atoms with Crippen molar-refractivity contribution in [1.29, 1.82) is 0 Å². The zero-order valence-corrected chi connectivity index (χ0v) is 12.4. The summed E-state index contributed by atoms with van der Waals surface area (Å²) in [5.41, 5.74) is 1.27. The maximum atomic E-state index is 12.1. The summed E-state index contributed by atoms with van der Waals surface area (Å²) >= 11 is 5.77. The Morgan fingerprint density at radius 1 is 1.21 bits per heavy atom. The lowest BCUT2D eigenvalue weighted by molar-refractivity contribution is 0.0840. The Labute approximate surface area is 120 Å². The van der Waals surface area contributed by atoms with Crippen molar-refractivity contribution < 1.29 is 4.79 Å². The Hall–Kier alpha value is -1.80. The second-order valence-electron chi connectivity index (χ2n) is 3.40. The van der Waals surface area contributed by atoms with E-state index in [1.807, 2.05) is 13.8 Å².